The lowest BCUT2D eigenvalue weighted by atomic mass is 9.96. The average Bonchev–Trinajstić information content (AvgIpc) is 3.14. The third-order valence-corrected chi connectivity index (χ3v) is 4.90. The van der Waals surface area contributed by atoms with E-state index < -0.39 is 0 Å². The minimum atomic E-state index is 0.151. The van der Waals surface area contributed by atoms with Gasteiger partial charge in [0.15, 0.2) is 0 Å². The minimum absolute atomic E-state index is 0.151. The number of hydrogen-bond acceptors (Lipinski definition) is 2. The van der Waals surface area contributed by atoms with Crippen molar-refractivity contribution in [3.05, 3.63) is 66.5 Å². The van der Waals surface area contributed by atoms with Crippen molar-refractivity contribution < 1.29 is 4.79 Å². The highest BCUT2D eigenvalue weighted by molar-refractivity contribution is 5.98. The van der Waals surface area contributed by atoms with Crippen LogP contribution in [0.5, 0.6) is 0 Å². The predicted molar refractivity (Wildman–Crippen MR) is 94.8 cm³/mol. The van der Waals surface area contributed by atoms with Gasteiger partial charge >= 0.3 is 0 Å². The van der Waals surface area contributed by atoms with E-state index in [1.54, 1.807) is 0 Å². The molecule has 1 aliphatic rings. The normalized spacial score (nSPS) is 15.8. The van der Waals surface area contributed by atoms with Crippen LogP contribution < -0.4 is 0 Å². The number of aromatic nitrogens is 2. The lowest BCUT2D eigenvalue weighted by molar-refractivity contribution is 0.0681. The molecule has 0 bridgehead atoms. The molecule has 0 aliphatic carbocycles. The van der Waals surface area contributed by atoms with Gasteiger partial charge in [-0.1, -0.05) is 30.3 Å². The zero-order valence-electron chi connectivity index (χ0n) is 13.6. The molecule has 0 N–H and O–H groups in total. The topological polar surface area (TPSA) is 38.1 Å². The maximum absolute atomic E-state index is 12.8. The molecule has 1 aliphatic heterocycles. The highest BCUT2D eigenvalue weighted by Crippen LogP contribution is 2.22. The Labute approximate surface area is 141 Å². The summed E-state index contributed by atoms with van der Waals surface area (Å²) in [6.45, 7) is 2.61. The van der Waals surface area contributed by atoms with E-state index in [1.165, 1.54) is 5.39 Å². The SMILES string of the molecule is O=C(c1ccc2ccccc2c1)N1CCC(Cn2cccn2)CC1. The Morgan fingerprint density at radius 1 is 1.04 bits per heavy atom. The van der Waals surface area contributed by atoms with Gasteiger partial charge in [0.1, 0.15) is 0 Å². The van der Waals surface area contributed by atoms with Crippen LogP contribution in [0, 0.1) is 5.92 Å². The van der Waals surface area contributed by atoms with E-state index in [0.717, 1.165) is 43.4 Å². The van der Waals surface area contributed by atoms with Crippen LogP contribution in [-0.4, -0.2) is 33.7 Å². The molecule has 1 fully saturated rings. The fourth-order valence-electron chi connectivity index (χ4n) is 3.50. The number of amides is 1. The molecule has 1 saturated heterocycles. The standard InChI is InChI=1S/C20H21N3O/c24-20(19-7-6-17-4-1-2-5-18(17)14-19)22-12-8-16(9-13-22)15-23-11-3-10-21-23/h1-7,10-11,14,16H,8-9,12-13,15H2. The zero-order valence-corrected chi connectivity index (χ0v) is 13.6. The van der Waals surface area contributed by atoms with Gasteiger partial charge in [-0.2, -0.15) is 5.10 Å². The van der Waals surface area contributed by atoms with Crippen LogP contribution in [0.2, 0.25) is 0 Å². The summed E-state index contributed by atoms with van der Waals surface area (Å²) in [7, 11) is 0. The number of benzene rings is 2. The first-order valence-electron chi connectivity index (χ1n) is 8.55. The number of carbonyl (C=O) groups excluding carboxylic acids is 1. The number of carbonyl (C=O) groups is 1. The Kier molecular flexibility index (Phi) is 4.03. The van der Waals surface area contributed by atoms with E-state index in [-0.39, 0.29) is 5.91 Å². The number of hydrogen-bond donors (Lipinski definition) is 0. The Hall–Kier alpha value is -2.62. The average molecular weight is 319 g/mol. The second-order valence-corrected chi connectivity index (χ2v) is 6.53. The second kappa shape index (κ2) is 6.48. The summed E-state index contributed by atoms with van der Waals surface area (Å²) in [6, 6.07) is 16.1. The zero-order chi connectivity index (χ0) is 16.4. The van der Waals surface area contributed by atoms with Crippen LogP contribution >= 0.6 is 0 Å². The van der Waals surface area contributed by atoms with Crippen molar-refractivity contribution in [3.63, 3.8) is 0 Å². The number of nitrogens with zero attached hydrogens (tertiary/aromatic N) is 3. The van der Waals surface area contributed by atoms with Crippen molar-refractivity contribution in [1.29, 1.82) is 0 Å². The summed E-state index contributed by atoms with van der Waals surface area (Å²) in [5, 5.41) is 6.57. The first kappa shape index (κ1) is 14.9. The van der Waals surface area contributed by atoms with Crippen LogP contribution in [0.3, 0.4) is 0 Å². The number of rotatable bonds is 3. The molecule has 0 atom stereocenters. The van der Waals surface area contributed by atoms with Gasteiger partial charge in [0.05, 0.1) is 0 Å². The number of likely N-dealkylation sites (tertiary alicyclic amines) is 1. The Bertz CT molecular complexity index is 833. The molecule has 3 aromatic rings. The molecule has 0 saturated carbocycles. The van der Waals surface area contributed by atoms with E-state index in [4.69, 9.17) is 0 Å². The van der Waals surface area contributed by atoms with E-state index in [9.17, 15) is 4.79 Å². The van der Waals surface area contributed by atoms with Crippen LogP contribution in [0.25, 0.3) is 10.8 Å². The molecule has 24 heavy (non-hydrogen) atoms. The predicted octanol–water partition coefficient (Wildman–Crippen LogP) is 3.59. The molecular weight excluding hydrogens is 298 g/mol. The van der Waals surface area contributed by atoms with Crippen molar-refractivity contribution in [2.45, 2.75) is 19.4 Å². The summed E-state index contributed by atoms with van der Waals surface area (Å²) < 4.78 is 1.99. The summed E-state index contributed by atoms with van der Waals surface area (Å²) in [5.41, 5.74) is 0.791. The van der Waals surface area contributed by atoms with Crippen LogP contribution in [0.15, 0.2) is 60.9 Å². The summed E-state index contributed by atoms with van der Waals surface area (Å²) in [5.74, 6) is 0.754. The molecule has 1 amide bonds. The van der Waals surface area contributed by atoms with Crippen molar-refractivity contribution in [2.75, 3.05) is 13.1 Å². The Balaban J connectivity index is 1.41. The van der Waals surface area contributed by atoms with Crippen LogP contribution in [0.1, 0.15) is 23.2 Å². The minimum Gasteiger partial charge on any atom is -0.339 e. The molecule has 4 rings (SSSR count). The number of fused-ring (bicyclic) bond motifs is 1. The van der Waals surface area contributed by atoms with Gasteiger partial charge in [-0.3, -0.25) is 9.48 Å². The van der Waals surface area contributed by atoms with Gasteiger partial charge in [0, 0.05) is 37.6 Å². The molecule has 4 nitrogen and oxygen atoms in total. The Morgan fingerprint density at radius 3 is 2.58 bits per heavy atom. The Morgan fingerprint density at radius 2 is 1.83 bits per heavy atom. The van der Waals surface area contributed by atoms with E-state index in [2.05, 4.69) is 17.2 Å². The monoisotopic (exact) mass is 319 g/mol. The smallest absolute Gasteiger partial charge is 0.253 e. The van der Waals surface area contributed by atoms with E-state index >= 15 is 0 Å². The third-order valence-electron chi connectivity index (χ3n) is 4.90. The van der Waals surface area contributed by atoms with Crippen molar-refractivity contribution >= 4 is 16.7 Å². The summed E-state index contributed by atoms with van der Waals surface area (Å²) in [4.78, 5) is 14.8. The fourth-order valence-corrected chi connectivity index (χ4v) is 3.50. The van der Waals surface area contributed by atoms with Gasteiger partial charge in [-0.15, -0.1) is 0 Å². The molecular formula is C20H21N3O. The van der Waals surface area contributed by atoms with Gasteiger partial charge in [0.2, 0.25) is 0 Å². The molecule has 1 aromatic heterocycles. The van der Waals surface area contributed by atoms with Crippen LogP contribution in [0.4, 0.5) is 0 Å². The van der Waals surface area contributed by atoms with Gasteiger partial charge in [-0.05, 0) is 47.7 Å². The maximum Gasteiger partial charge on any atom is 0.253 e. The third kappa shape index (κ3) is 3.04. The van der Waals surface area contributed by atoms with E-state index in [0.29, 0.717) is 5.92 Å². The highest BCUT2D eigenvalue weighted by atomic mass is 16.2. The van der Waals surface area contributed by atoms with Gasteiger partial charge in [0.25, 0.3) is 5.91 Å². The van der Waals surface area contributed by atoms with Crippen LogP contribution in [-0.2, 0) is 6.54 Å². The van der Waals surface area contributed by atoms with Gasteiger partial charge in [-0.25, -0.2) is 0 Å². The molecule has 2 heterocycles. The van der Waals surface area contributed by atoms with Crippen molar-refractivity contribution in [1.82, 2.24) is 14.7 Å². The molecule has 2 aromatic carbocycles. The summed E-state index contributed by atoms with van der Waals surface area (Å²) >= 11 is 0. The first-order valence-corrected chi connectivity index (χ1v) is 8.55. The second-order valence-electron chi connectivity index (χ2n) is 6.53. The molecule has 0 radical (unpaired) electrons. The van der Waals surface area contributed by atoms with E-state index in [1.807, 2.05) is 58.4 Å². The molecule has 4 heteroatoms. The van der Waals surface area contributed by atoms with Gasteiger partial charge < -0.3 is 4.90 Å². The first-order chi connectivity index (χ1) is 11.8. The van der Waals surface area contributed by atoms with Crippen molar-refractivity contribution in [3.8, 4) is 0 Å². The fraction of sp³-hybridized carbons (Fsp3) is 0.300. The quantitative estimate of drug-likeness (QED) is 0.740. The number of piperidine rings is 1. The summed E-state index contributed by atoms with van der Waals surface area (Å²) in [6.07, 6.45) is 5.91. The molecule has 0 spiro atoms. The lowest BCUT2D eigenvalue weighted by Gasteiger charge is -2.32. The molecule has 122 valence electrons. The highest BCUT2D eigenvalue weighted by Gasteiger charge is 2.24. The largest absolute Gasteiger partial charge is 0.339 e. The maximum atomic E-state index is 12.8. The lowest BCUT2D eigenvalue weighted by Crippen LogP contribution is -2.39. The molecule has 0 unspecified atom stereocenters. The van der Waals surface area contributed by atoms with Crippen molar-refractivity contribution in [2.24, 2.45) is 5.92 Å².